The van der Waals surface area contributed by atoms with E-state index in [9.17, 15) is 9.59 Å². The van der Waals surface area contributed by atoms with Crippen molar-refractivity contribution in [2.24, 2.45) is 5.92 Å². The Balaban J connectivity index is 1.59. The Kier molecular flexibility index (Phi) is 7.52. The average Bonchev–Trinajstić information content (AvgIpc) is 3.30. The van der Waals surface area contributed by atoms with E-state index < -0.39 is 6.04 Å². The smallest absolute Gasteiger partial charge is 0.252 e. The fourth-order valence-corrected chi connectivity index (χ4v) is 3.70. The summed E-state index contributed by atoms with van der Waals surface area (Å²) < 4.78 is 10.5. The summed E-state index contributed by atoms with van der Waals surface area (Å²) in [7, 11) is 1.57. The van der Waals surface area contributed by atoms with Gasteiger partial charge in [0.2, 0.25) is 0 Å². The van der Waals surface area contributed by atoms with Crippen molar-refractivity contribution in [3.8, 4) is 5.75 Å². The lowest BCUT2D eigenvalue weighted by Gasteiger charge is -2.34. The van der Waals surface area contributed by atoms with Crippen molar-refractivity contribution in [2.75, 3.05) is 26.7 Å². The third-order valence-electron chi connectivity index (χ3n) is 5.66. The number of nitrogens with zero attached hydrogens (tertiary/aromatic N) is 1. The van der Waals surface area contributed by atoms with Crippen molar-refractivity contribution in [3.63, 3.8) is 0 Å². The lowest BCUT2D eigenvalue weighted by Crippen LogP contribution is -2.44. The van der Waals surface area contributed by atoms with E-state index in [2.05, 4.69) is 29.4 Å². The summed E-state index contributed by atoms with van der Waals surface area (Å²) in [6.45, 7) is 7.12. The minimum Gasteiger partial charge on any atom is -0.497 e. The number of amides is 2. The molecule has 2 heterocycles. The summed E-state index contributed by atoms with van der Waals surface area (Å²) >= 11 is 0. The molecule has 2 amide bonds. The number of methoxy groups -OCH3 is 1. The summed E-state index contributed by atoms with van der Waals surface area (Å²) in [5, 5.41) is 5.80. The first-order chi connectivity index (χ1) is 14.5. The third kappa shape index (κ3) is 5.63. The number of rotatable bonds is 8. The van der Waals surface area contributed by atoms with Gasteiger partial charge in [0, 0.05) is 18.2 Å². The summed E-state index contributed by atoms with van der Waals surface area (Å²) in [6.07, 6.45) is 3.61. The van der Waals surface area contributed by atoms with Crippen LogP contribution in [0.4, 0.5) is 0 Å². The number of furan rings is 1. The highest BCUT2D eigenvalue weighted by molar-refractivity contribution is 5.97. The zero-order chi connectivity index (χ0) is 21.5. The molecule has 1 aliphatic heterocycles. The number of carbonyl (C=O) groups is 2. The van der Waals surface area contributed by atoms with Crippen LogP contribution in [-0.4, -0.2) is 49.5 Å². The zero-order valence-electron chi connectivity index (χ0n) is 17.9. The molecule has 7 nitrogen and oxygen atoms in total. The molecule has 1 aromatic carbocycles. The van der Waals surface area contributed by atoms with Crippen molar-refractivity contribution in [2.45, 2.75) is 38.8 Å². The lowest BCUT2D eigenvalue weighted by molar-refractivity contribution is -0.123. The van der Waals surface area contributed by atoms with Crippen molar-refractivity contribution >= 4 is 11.8 Å². The van der Waals surface area contributed by atoms with Crippen LogP contribution >= 0.6 is 0 Å². The van der Waals surface area contributed by atoms with Crippen molar-refractivity contribution in [1.82, 2.24) is 15.5 Å². The van der Waals surface area contributed by atoms with E-state index in [1.807, 2.05) is 0 Å². The van der Waals surface area contributed by atoms with E-state index in [1.165, 1.54) is 6.26 Å². The predicted molar refractivity (Wildman–Crippen MR) is 114 cm³/mol. The van der Waals surface area contributed by atoms with Gasteiger partial charge in [-0.15, -0.1) is 0 Å². The van der Waals surface area contributed by atoms with E-state index >= 15 is 0 Å². The van der Waals surface area contributed by atoms with Crippen LogP contribution in [0.5, 0.6) is 5.75 Å². The molecule has 0 spiro atoms. The molecular weight excluding hydrogens is 382 g/mol. The summed E-state index contributed by atoms with van der Waals surface area (Å²) in [5.41, 5.74) is 0.446. The van der Waals surface area contributed by atoms with Crippen LogP contribution in [0.1, 0.15) is 48.8 Å². The fraction of sp³-hybridized carbons (Fsp3) is 0.478. The van der Waals surface area contributed by atoms with E-state index in [0.717, 1.165) is 25.9 Å². The molecule has 2 N–H and O–H groups in total. The maximum atomic E-state index is 12.9. The van der Waals surface area contributed by atoms with E-state index in [0.29, 0.717) is 35.6 Å². The van der Waals surface area contributed by atoms with Gasteiger partial charge in [0.25, 0.3) is 11.8 Å². The molecule has 1 aliphatic rings. The topological polar surface area (TPSA) is 83.8 Å². The van der Waals surface area contributed by atoms with Gasteiger partial charge in [0.05, 0.1) is 13.4 Å². The zero-order valence-corrected chi connectivity index (χ0v) is 17.9. The highest BCUT2D eigenvalue weighted by atomic mass is 16.5. The Morgan fingerprint density at radius 3 is 2.43 bits per heavy atom. The first-order valence-corrected chi connectivity index (χ1v) is 10.5. The van der Waals surface area contributed by atoms with Crippen LogP contribution in [0.15, 0.2) is 47.1 Å². The molecule has 2 aromatic rings. The summed E-state index contributed by atoms with van der Waals surface area (Å²) in [5.74, 6) is 0.899. The molecule has 0 aliphatic carbocycles. The van der Waals surface area contributed by atoms with Crippen LogP contribution in [0, 0.1) is 5.92 Å². The van der Waals surface area contributed by atoms with E-state index in [4.69, 9.17) is 9.15 Å². The summed E-state index contributed by atoms with van der Waals surface area (Å²) in [4.78, 5) is 28.0. The minimum atomic E-state index is -0.884. The highest BCUT2D eigenvalue weighted by Gasteiger charge is 2.27. The first-order valence-electron chi connectivity index (χ1n) is 10.5. The number of nitrogens with one attached hydrogen (secondary N) is 2. The predicted octanol–water partition coefficient (Wildman–Crippen LogP) is 3.00. The van der Waals surface area contributed by atoms with Crippen LogP contribution < -0.4 is 15.4 Å². The molecule has 3 rings (SSSR count). The van der Waals surface area contributed by atoms with Crippen LogP contribution in [0.3, 0.4) is 0 Å². The monoisotopic (exact) mass is 413 g/mol. The number of piperidine rings is 1. The average molecular weight is 414 g/mol. The molecule has 0 radical (unpaired) electrons. The fourth-order valence-electron chi connectivity index (χ4n) is 3.70. The number of ether oxygens (including phenoxy) is 1. The molecule has 162 valence electrons. The molecule has 0 saturated carbocycles. The van der Waals surface area contributed by atoms with Gasteiger partial charge in [0.15, 0.2) is 6.04 Å². The molecule has 1 unspecified atom stereocenters. The van der Waals surface area contributed by atoms with Crippen LogP contribution in [-0.2, 0) is 4.79 Å². The van der Waals surface area contributed by atoms with E-state index in [1.54, 1.807) is 43.5 Å². The largest absolute Gasteiger partial charge is 0.497 e. The lowest BCUT2D eigenvalue weighted by atomic mass is 9.96. The number of likely N-dealkylation sites (tertiary alicyclic amines) is 1. The quantitative estimate of drug-likeness (QED) is 0.695. The third-order valence-corrected chi connectivity index (χ3v) is 5.66. The van der Waals surface area contributed by atoms with Gasteiger partial charge in [-0.05, 0) is 82.1 Å². The Morgan fingerprint density at radius 2 is 1.87 bits per heavy atom. The highest BCUT2D eigenvalue weighted by Crippen LogP contribution is 2.20. The molecule has 1 aromatic heterocycles. The molecule has 1 atom stereocenters. The van der Waals surface area contributed by atoms with Gasteiger partial charge in [-0.1, -0.05) is 0 Å². The standard InChI is InChI=1S/C23H31N3O4/c1-16(2)26-12-10-17(11-13-26)15-24-23(28)21(20-5-4-14-30-20)25-22(27)18-6-8-19(29-3)9-7-18/h4-9,14,16-17,21H,10-13,15H2,1-3H3,(H,24,28)(H,25,27). The van der Waals surface area contributed by atoms with Gasteiger partial charge in [0.1, 0.15) is 11.5 Å². The minimum absolute atomic E-state index is 0.266. The Morgan fingerprint density at radius 1 is 1.17 bits per heavy atom. The molecular formula is C23H31N3O4. The molecule has 1 saturated heterocycles. The maximum absolute atomic E-state index is 12.9. The van der Waals surface area contributed by atoms with Gasteiger partial charge < -0.3 is 24.7 Å². The molecule has 0 bridgehead atoms. The van der Waals surface area contributed by atoms with Crippen molar-refractivity contribution < 1.29 is 18.7 Å². The van der Waals surface area contributed by atoms with E-state index in [-0.39, 0.29) is 11.8 Å². The Labute approximate surface area is 177 Å². The van der Waals surface area contributed by atoms with Gasteiger partial charge in [-0.2, -0.15) is 0 Å². The number of hydrogen-bond acceptors (Lipinski definition) is 5. The second-order valence-electron chi connectivity index (χ2n) is 7.97. The van der Waals surface area contributed by atoms with Gasteiger partial charge in [-0.3, -0.25) is 9.59 Å². The van der Waals surface area contributed by atoms with Crippen LogP contribution in [0.2, 0.25) is 0 Å². The van der Waals surface area contributed by atoms with Crippen molar-refractivity contribution in [1.29, 1.82) is 0 Å². The molecule has 1 fully saturated rings. The van der Waals surface area contributed by atoms with Crippen molar-refractivity contribution in [3.05, 3.63) is 54.0 Å². The Bertz CT molecular complexity index is 809. The number of benzene rings is 1. The Hall–Kier alpha value is -2.80. The molecule has 30 heavy (non-hydrogen) atoms. The van der Waals surface area contributed by atoms with Gasteiger partial charge >= 0.3 is 0 Å². The number of hydrogen-bond donors (Lipinski definition) is 2. The first kappa shape index (κ1) is 21.9. The van der Waals surface area contributed by atoms with Crippen LogP contribution in [0.25, 0.3) is 0 Å². The van der Waals surface area contributed by atoms with Gasteiger partial charge in [-0.25, -0.2) is 0 Å². The summed E-state index contributed by atoms with van der Waals surface area (Å²) in [6, 6.07) is 9.81. The normalized spacial score (nSPS) is 16.3. The number of carbonyl (C=O) groups excluding carboxylic acids is 2. The SMILES string of the molecule is COc1ccc(C(=O)NC(C(=O)NCC2CCN(C(C)C)CC2)c2ccco2)cc1. The second kappa shape index (κ2) is 10.3. The maximum Gasteiger partial charge on any atom is 0.252 e. The molecule has 7 heteroatoms. The second-order valence-corrected chi connectivity index (χ2v) is 7.97.